The summed E-state index contributed by atoms with van der Waals surface area (Å²) >= 11 is 5.08. The van der Waals surface area contributed by atoms with Crippen molar-refractivity contribution in [3.63, 3.8) is 0 Å². The number of hydrogen-bond acceptors (Lipinski definition) is 2. The molecule has 0 aliphatic rings. The molecule has 0 heterocycles. The van der Waals surface area contributed by atoms with Crippen molar-refractivity contribution in [2.45, 2.75) is 6.43 Å². The zero-order chi connectivity index (χ0) is 10.4. The van der Waals surface area contributed by atoms with Gasteiger partial charge in [0.2, 0.25) is 5.91 Å². The van der Waals surface area contributed by atoms with Gasteiger partial charge in [-0.25, -0.2) is 13.6 Å². The number of amides is 3. The van der Waals surface area contributed by atoms with Crippen molar-refractivity contribution in [3.05, 3.63) is 0 Å². The van der Waals surface area contributed by atoms with Gasteiger partial charge >= 0.3 is 6.03 Å². The van der Waals surface area contributed by atoms with Gasteiger partial charge in [0.1, 0.15) is 5.88 Å². The quantitative estimate of drug-likeness (QED) is 0.702. The molecular formula is C6H9ClF2N2O2. The number of imide groups is 1. The molecule has 13 heavy (non-hydrogen) atoms. The first kappa shape index (κ1) is 12.1. The lowest BCUT2D eigenvalue weighted by atomic mass is 10.6. The predicted molar refractivity (Wildman–Crippen MR) is 42.9 cm³/mol. The number of halogens is 3. The highest BCUT2D eigenvalue weighted by Gasteiger charge is 2.15. The third-order valence-corrected chi connectivity index (χ3v) is 1.37. The molecule has 0 rings (SSSR count). The fourth-order valence-electron chi connectivity index (χ4n) is 0.538. The van der Waals surface area contributed by atoms with Gasteiger partial charge in [-0.15, -0.1) is 11.6 Å². The van der Waals surface area contributed by atoms with Gasteiger partial charge in [0.05, 0.1) is 6.54 Å². The van der Waals surface area contributed by atoms with Gasteiger partial charge in [0, 0.05) is 7.05 Å². The lowest BCUT2D eigenvalue weighted by Gasteiger charge is -2.15. The fraction of sp³-hybridized carbons (Fsp3) is 0.667. The van der Waals surface area contributed by atoms with Crippen LogP contribution in [0.5, 0.6) is 0 Å². The van der Waals surface area contributed by atoms with Crippen molar-refractivity contribution in [2.75, 3.05) is 19.5 Å². The van der Waals surface area contributed by atoms with E-state index in [2.05, 4.69) is 0 Å². The first-order valence-corrected chi connectivity index (χ1v) is 3.90. The van der Waals surface area contributed by atoms with Gasteiger partial charge in [-0.05, 0) is 0 Å². The van der Waals surface area contributed by atoms with E-state index >= 15 is 0 Å². The van der Waals surface area contributed by atoms with E-state index in [1.165, 1.54) is 0 Å². The van der Waals surface area contributed by atoms with Crippen LogP contribution in [0.1, 0.15) is 0 Å². The summed E-state index contributed by atoms with van der Waals surface area (Å²) in [6.07, 6.45) is -2.62. The summed E-state index contributed by atoms with van der Waals surface area (Å²) in [7, 11) is 1.16. The maximum atomic E-state index is 11.7. The summed E-state index contributed by atoms with van der Waals surface area (Å²) in [5.74, 6) is -1.10. The first-order valence-electron chi connectivity index (χ1n) is 3.36. The van der Waals surface area contributed by atoms with E-state index in [0.717, 1.165) is 7.05 Å². The summed E-state index contributed by atoms with van der Waals surface area (Å²) in [5.41, 5.74) is 0. The number of rotatable bonds is 3. The van der Waals surface area contributed by atoms with Crippen molar-refractivity contribution in [3.8, 4) is 0 Å². The van der Waals surface area contributed by atoms with E-state index in [9.17, 15) is 18.4 Å². The standard InChI is InChI=1S/C6H9ClF2N2O2/c1-11(3-4(8)9)6(13)10-5(12)2-7/h4H,2-3H2,1H3,(H,10,12,13). The average molecular weight is 215 g/mol. The predicted octanol–water partition coefficient (Wildman–Crippen LogP) is 0.658. The van der Waals surface area contributed by atoms with Crippen LogP contribution in [0.15, 0.2) is 0 Å². The van der Waals surface area contributed by atoms with E-state index in [1.54, 1.807) is 0 Å². The molecule has 7 heteroatoms. The Kier molecular flexibility index (Phi) is 5.29. The van der Waals surface area contributed by atoms with E-state index < -0.39 is 24.9 Å². The molecule has 0 saturated heterocycles. The number of urea groups is 1. The molecule has 0 aromatic rings. The molecule has 0 spiro atoms. The minimum Gasteiger partial charge on any atom is -0.322 e. The van der Waals surface area contributed by atoms with Crippen molar-refractivity contribution in [2.24, 2.45) is 0 Å². The number of nitrogens with zero attached hydrogens (tertiary/aromatic N) is 1. The molecule has 0 aliphatic carbocycles. The molecular weight excluding hydrogens is 206 g/mol. The zero-order valence-electron chi connectivity index (χ0n) is 6.89. The number of alkyl halides is 3. The molecule has 3 amide bonds. The Hall–Kier alpha value is -0.910. The Morgan fingerprint density at radius 2 is 2.08 bits per heavy atom. The lowest BCUT2D eigenvalue weighted by molar-refractivity contribution is -0.117. The summed E-state index contributed by atoms with van der Waals surface area (Å²) < 4.78 is 23.5. The molecule has 0 bridgehead atoms. The third-order valence-electron chi connectivity index (χ3n) is 1.13. The van der Waals surface area contributed by atoms with Crippen LogP contribution in [-0.2, 0) is 4.79 Å². The third kappa shape index (κ3) is 5.35. The van der Waals surface area contributed by atoms with Crippen molar-refractivity contribution >= 4 is 23.5 Å². The van der Waals surface area contributed by atoms with Gasteiger partial charge in [-0.1, -0.05) is 0 Å². The van der Waals surface area contributed by atoms with Crippen LogP contribution in [0.2, 0.25) is 0 Å². The van der Waals surface area contributed by atoms with Gasteiger partial charge in [-0.3, -0.25) is 10.1 Å². The highest BCUT2D eigenvalue weighted by atomic mass is 35.5. The second kappa shape index (κ2) is 5.69. The zero-order valence-corrected chi connectivity index (χ0v) is 7.65. The molecule has 0 radical (unpaired) electrons. The minimum atomic E-state index is -2.62. The molecule has 4 nitrogen and oxygen atoms in total. The van der Waals surface area contributed by atoms with Crippen LogP contribution in [0.3, 0.4) is 0 Å². The molecule has 76 valence electrons. The summed E-state index contributed by atoms with van der Waals surface area (Å²) in [4.78, 5) is 22.1. The molecule has 0 fully saturated rings. The average Bonchev–Trinajstić information content (AvgIpc) is 2.02. The fourth-order valence-corrected chi connectivity index (χ4v) is 0.605. The highest BCUT2D eigenvalue weighted by Crippen LogP contribution is 1.95. The topological polar surface area (TPSA) is 49.4 Å². The smallest absolute Gasteiger partial charge is 0.322 e. The molecule has 0 aromatic heterocycles. The number of carbonyl (C=O) groups is 2. The maximum Gasteiger partial charge on any atom is 0.324 e. The lowest BCUT2D eigenvalue weighted by Crippen LogP contribution is -2.43. The van der Waals surface area contributed by atoms with Crippen LogP contribution >= 0.6 is 11.6 Å². The van der Waals surface area contributed by atoms with Crippen LogP contribution in [0.4, 0.5) is 13.6 Å². The Balaban J connectivity index is 3.89. The van der Waals surface area contributed by atoms with Gasteiger partial charge in [0.25, 0.3) is 6.43 Å². The van der Waals surface area contributed by atoms with E-state index in [4.69, 9.17) is 11.6 Å². The van der Waals surface area contributed by atoms with E-state index in [-0.39, 0.29) is 5.88 Å². The van der Waals surface area contributed by atoms with Crippen LogP contribution in [0, 0.1) is 0 Å². The van der Waals surface area contributed by atoms with Crippen LogP contribution in [-0.4, -0.2) is 42.7 Å². The summed E-state index contributed by atoms with van der Waals surface area (Å²) in [5, 5.41) is 1.82. The molecule has 0 saturated carbocycles. The molecule has 1 N–H and O–H groups in total. The van der Waals surface area contributed by atoms with Crippen LogP contribution < -0.4 is 5.32 Å². The number of nitrogens with one attached hydrogen (secondary N) is 1. The Morgan fingerprint density at radius 1 is 1.54 bits per heavy atom. The molecule has 0 aliphatic heterocycles. The second-order valence-corrected chi connectivity index (χ2v) is 2.53. The van der Waals surface area contributed by atoms with Crippen molar-refractivity contribution in [1.29, 1.82) is 0 Å². The Morgan fingerprint density at radius 3 is 2.46 bits per heavy atom. The first-order chi connectivity index (χ1) is 5.97. The van der Waals surface area contributed by atoms with Gasteiger partial charge < -0.3 is 4.90 Å². The summed E-state index contributed by atoms with van der Waals surface area (Å²) in [6.45, 7) is -0.721. The monoisotopic (exact) mass is 214 g/mol. The second-order valence-electron chi connectivity index (χ2n) is 2.26. The number of hydrogen-bond donors (Lipinski definition) is 1. The maximum absolute atomic E-state index is 11.7. The molecule has 0 atom stereocenters. The molecule has 0 aromatic carbocycles. The van der Waals surface area contributed by atoms with Gasteiger partial charge in [-0.2, -0.15) is 0 Å². The Labute approximate surface area is 78.8 Å². The van der Waals surface area contributed by atoms with Crippen molar-refractivity contribution < 1.29 is 18.4 Å². The molecule has 0 unspecified atom stereocenters. The van der Waals surface area contributed by atoms with E-state index in [1.807, 2.05) is 5.32 Å². The SMILES string of the molecule is CN(CC(F)F)C(=O)NC(=O)CCl. The van der Waals surface area contributed by atoms with Gasteiger partial charge in [0.15, 0.2) is 0 Å². The van der Waals surface area contributed by atoms with Crippen molar-refractivity contribution in [1.82, 2.24) is 10.2 Å². The largest absolute Gasteiger partial charge is 0.324 e. The van der Waals surface area contributed by atoms with Crippen LogP contribution in [0.25, 0.3) is 0 Å². The van der Waals surface area contributed by atoms with E-state index in [0.29, 0.717) is 4.90 Å². The Bertz CT molecular complexity index is 201. The number of carbonyl (C=O) groups excluding carboxylic acids is 2. The normalized spacial score (nSPS) is 9.92. The minimum absolute atomic E-state index is 0.381. The highest BCUT2D eigenvalue weighted by molar-refractivity contribution is 6.28. The summed E-state index contributed by atoms with van der Waals surface area (Å²) in [6, 6.07) is -0.883.